The van der Waals surface area contributed by atoms with Crippen LogP contribution in [0, 0.1) is 5.92 Å². The lowest BCUT2D eigenvalue weighted by molar-refractivity contribution is -0.0348. The van der Waals surface area contributed by atoms with Crippen molar-refractivity contribution in [1.82, 2.24) is 10.2 Å². The number of hydrogen-bond acceptors (Lipinski definition) is 3. The van der Waals surface area contributed by atoms with Crippen LogP contribution >= 0.6 is 0 Å². The van der Waals surface area contributed by atoms with Gasteiger partial charge in [-0.1, -0.05) is 13.8 Å². The largest absolute Gasteiger partial charge is 0.380 e. The second kappa shape index (κ2) is 5.01. The summed E-state index contributed by atoms with van der Waals surface area (Å²) in [6.45, 7) is 11.4. The van der Waals surface area contributed by atoms with Crippen molar-refractivity contribution in [1.29, 1.82) is 0 Å². The van der Waals surface area contributed by atoms with Crippen molar-refractivity contribution in [3.63, 3.8) is 0 Å². The maximum Gasteiger partial charge on any atom is 0.0622 e. The van der Waals surface area contributed by atoms with E-state index < -0.39 is 0 Å². The third kappa shape index (κ3) is 2.34. The third-order valence-corrected chi connectivity index (χ3v) is 6.11. The zero-order valence-corrected chi connectivity index (χ0v) is 12.9. The average Bonchev–Trinajstić information content (AvgIpc) is 3.17. The highest BCUT2D eigenvalue weighted by molar-refractivity contribution is 5.10. The predicted molar refractivity (Wildman–Crippen MR) is 78.4 cm³/mol. The van der Waals surface area contributed by atoms with Crippen molar-refractivity contribution in [3.05, 3.63) is 0 Å². The van der Waals surface area contributed by atoms with Gasteiger partial charge in [-0.2, -0.15) is 0 Å². The van der Waals surface area contributed by atoms with Gasteiger partial charge in [0.1, 0.15) is 0 Å². The van der Waals surface area contributed by atoms with Crippen LogP contribution in [0.2, 0.25) is 0 Å². The Kier molecular flexibility index (Phi) is 3.65. The number of hydrogen-bond donors (Lipinski definition) is 1. The zero-order chi connectivity index (χ0) is 13.5. The van der Waals surface area contributed by atoms with Gasteiger partial charge >= 0.3 is 0 Å². The van der Waals surface area contributed by atoms with Crippen molar-refractivity contribution in [2.75, 3.05) is 26.3 Å². The zero-order valence-electron chi connectivity index (χ0n) is 12.9. The van der Waals surface area contributed by atoms with Crippen LogP contribution in [0.15, 0.2) is 0 Å². The van der Waals surface area contributed by atoms with Crippen molar-refractivity contribution in [3.8, 4) is 0 Å². The quantitative estimate of drug-likeness (QED) is 0.845. The number of nitrogens with one attached hydrogen (secondary N) is 1. The van der Waals surface area contributed by atoms with Gasteiger partial charge in [0.05, 0.1) is 6.61 Å². The predicted octanol–water partition coefficient (Wildman–Crippen LogP) is 2.41. The Labute approximate surface area is 118 Å². The summed E-state index contributed by atoms with van der Waals surface area (Å²) in [7, 11) is 0. The first-order valence-electron chi connectivity index (χ1n) is 8.23. The summed E-state index contributed by atoms with van der Waals surface area (Å²) < 4.78 is 5.68. The molecule has 2 aliphatic heterocycles. The van der Waals surface area contributed by atoms with Gasteiger partial charge in [-0.25, -0.2) is 0 Å². The lowest BCUT2D eigenvalue weighted by Gasteiger charge is -2.55. The summed E-state index contributed by atoms with van der Waals surface area (Å²) in [5, 5.41) is 3.91. The van der Waals surface area contributed by atoms with Gasteiger partial charge in [0.15, 0.2) is 0 Å². The SMILES string of the molecule is CCC1(CC)CN(C2CCOC2)C(C)(C2CC2)CN1. The van der Waals surface area contributed by atoms with E-state index in [1.165, 1.54) is 38.6 Å². The molecule has 3 fully saturated rings. The van der Waals surface area contributed by atoms with Gasteiger partial charge in [0.2, 0.25) is 0 Å². The number of nitrogens with zero attached hydrogens (tertiary/aromatic N) is 1. The molecule has 2 heterocycles. The van der Waals surface area contributed by atoms with Crippen LogP contribution in [0.5, 0.6) is 0 Å². The molecule has 1 saturated carbocycles. The molecule has 0 radical (unpaired) electrons. The molecule has 3 heteroatoms. The van der Waals surface area contributed by atoms with Crippen LogP contribution in [0.1, 0.15) is 52.9 Å². The number of rotatable bonds is 4. The molecule has 1 N–H and O–H groups in total. The van der Waals surface area contributed by atoms with Gasteiger partial charge in [0, 0.05) is 36.8 Å². The van der Waals surface area contributed by atoms with E-state index >= 15 is 0 Å². The highest BCUT2D eigenvalue weighted by atomic mass is 16.5. The molecular formula is C16H30N2O. The standard InChI is InChI=1S/C16H30N2O/c1-4-16(5-2)12-18(14-8-9-19-10-14)15(3,11-17-16)13-6-7-13/h13-14,17H,4-12H2,1-3H3. The monoisotopic (exact) mass is 266 g/mol. The molecule has 0 aromatic rings. The van der Waals surface area contributed by atoms with Gasteiger partial charge in [0.25, 0.3) is 0 Å². The summed E-state index contributed by atoms with van der Waals surface area (Å²) in [5.74, 6) is 0.910. The minimum atomic E-state index is 0.330. The number of ether oxygens (including phenoxy) is 1. The molecule has 3 rings (SSSR count). The van der Waals surface area contributed by atoms with Crippen LogP contribution in [0.3, 0.4) is 0 Å². The molecule has 2 unspecified atom stereocenters. The molecule has 0 aromatic heterocycles. The lowest BCUT2D eigenvalue weighted by atomic mass is 9.80. The maximum absolute atomic E-state index is 5.68. The molecule has 0 aromatic carbocycles. The fraction of sp³-hybridized carbons (Fsp3) is 1.00. The molecule has 0 spiro atoms. The lowest BCUT2D eigenvalue weighted by Crippen LogP contribution is -2.71. The van der Waals surface area contributed by atoms with E-state index in [0.29, 0.717) is 17.1 Å². The highest BCUT2D eigenvalue weighted by Gasteiger charge is 2.53. The fourth-order valence-corrected chi connectivity index (χ4v) is 4.15. The van der Waals surface area contributed by atoms with Crippen molar-refractivity contribution >= 4 is 0 Å². The van der Waals surface area contributed by atoms with Crippen LogP contribution in [0.4, 0.5) is 0 Å². The molecule has 1 aliphatic carbocycles. The Hall–Kier alpha value is -0.120. The normalized spacial score (nSPS) is 39.6. The second-order valence-corrected chi connectivity index (χ2v) is 7.12. The maximum atomic E-state index is 5.68. The van der Waals surface area contributed by atoms with Crippen LogP contribution in [0.25, 0.3) is 0 Å². The van der Waals surface area contributed by atoms with Gasteiger partial charge < -0.3 is 10.1 Å². The minimum Gasteiger partial charge on any atom is -0.380 e. The summed E-state index contributed by atoms with van der Waals surface area (Å²) in [6, 6.07) is 0.658. The van der Waals surface area contributed by atoms with E-state index in [1.54, 1.807) is 0 Å². The topological polar surface area (TPSA) is 24.5 Å². The van der Waals surface area contributed by atoms with Gasteiger partial charge in [-0.3, -0.25) is 4.90 Å². The molecule has 3 aliphatic rings. The van der Waals surface area contributed by atoms with Crippen molar-refractivity contribution in [2.45, 2.75) is 70.0 Å². The first-order valence-corrected chi connectivity index (χ1v) is 8.23. The molecule has 0 amide bonds. The molecular weight excluding hydrogens is 236 g/mol. The van der Waals surface area contributed by atoms with Gasteiger partial charge in [-0.05, 0) is 44.9 Å². The van der Waals surface area contributed by atoms with Crippen LogP contribution in [-0.2, 0) is 4.74 Å². The van der Waals surface area contributed by atoms with E-state index in [-0.39, 0.29) is 0 Å². The second-order valence-electron chi connectivity index (χ2n) is 7.12. The van der Waals surface area contributed by atoms with E-state index in [0.717, 1.165) is 25.7 Å². The number of piperazine rings is 1. The molecule has 19 heavy (non-hydrogen) atoms. The highest BCUT2D eigenvalue weighted by Crippen LogP contribution is 2.46. The fourth-order valence-electron chi connectivity index (χ4n) is 4.15. The van der Waals surface area contributed by atoms with Gasteiger partial charge in [-0.15, -0.1) is 0 Å². The van der Waals surface area contributed by atoms with E-state index in [1.807, 2.05) is 0 Å². The summed E-state index contributed by atoms with van der Waals surface area (Å²) in [5.41, 5.74) is 0.698. The molecule has 2 saturated heterocycles. The molecule has 3 nitrogen and oxygen atoms in total. The van der Waals surface area contributed by atoms with Crippen molar-refractivity contribution in [2.24, 2.45) is 5.92 Å². The molecule has 110 valence electrons. The average molecular weight is 266 g/mol. The van der Waals surface area contributed by atoms with Crippen molar-refractivity contribution < 1.29 is 4.74 Å². The third-order valence-electron chi connectivity index (χ3n) is 6.11. The smallest absolute Gasteiger partial charge is 0.0622 e. The summed E-state index contributed by atoms with van der Waals surface area (Å²) >= 11 is 0. The minimum absolute atomic E-state index is 0.330. The Morgan fingerprint density at radius 1 is 1.21 bits per heavy atom. The Morgan fingerprint density at radius 2 is 1.95 bits per heavy atom. The van der Waals surface area contributed by atoms with E-state index in [9.17, 15) is 0 Å². The van der Waals surface area contributed by atoms with E-state index in [4.69, 9.17) is 4.74 Å². The first kappa shape index (κ1) is 13.8. The van der Waals surface area contributed by atoms with E-state index in [2.05, 4.69) is 31.0 Å². The molecule has 0 bridgehead atoms. The Bertz CT molecular complexity index is 319. The van der Waals surface area contributed by atoms with Crippen LogP contribution in [-0.4, -0.2) is 48.3 Å². The first-order chi connectivity index (χ1) is 9.13. The molecule has 2 atom stereocenters. The summed E-state index contributed by atoms with van der Waals surface area (Å²) in [6.07, 6.45) is 6.54. The van der Waals surface area contributed by atoms with Crippen LogP contribution < -0.4 is 5.32 Å². The Balaban J connectivity index is 1.82. The summed E-state index contributed by atoms with van der Waals surface area (Å²) in [4.78, 5) is 2.83. The Morgan fingerprint density at radius 3 is 2.47 bits per heavy atom.